The van der Waals surface area contributed by atoms with E-state index in [-0.39, 0.29) is 55.5 Å². The van der Waals surface area contributed by atoms with E-state index in [9.17, 15) is 44.0 Å². The lowest BCUT2D eigenvalue weighted by atomic mass is 10.1. The Kier molecular flexibility index (Phi) is 17.7. The summed E-state index contributed by atoms with van der Waals surface area (Å²) in [6.45, 7) is 0. The van der Waals surface area contributed by atoms with Crippen molar-refractivity contribution < 1.29 is 62.9 Å². The lowest BCUT2D eigenvalue weighted by molar-refractivity contribution is 0.102. The van der Waals surface area contributed by atoms with Crippen LogP contribution in [0.4, 0.5) is 28.9 Å². The van der Waals surface area contributed by atoms with Crippen LogP contribution in [0, 0.1) is 0 Å². The topological polar surface area (TPSA) is 232 Å². The summed E-state index contributed by atoms with van der Waals surface area (Å²) in [5.74, 6) is -9.91. The van der Waals surface area contributed by atoms with E-state index in [1.807, 2.05) is 4.93 Å². The molecule has 0 radical (unpaired) electrons. The first-order valence-electron chi connectivity index (χ1n) is 14.1. The van der Waals surface area contributed by atoms with Crippen LogP contribution in [-0.4, -0.2) is 110 Å². The van der Waals surface area contributed by atoms with Crippen molar-refractivity contribution in [3.63, 3.8) is 0 Å². The molecule has 18 nitrogen and oxygen atoms in total. The minimum absolute atomic E-state index is 0.0700. The Bertz CT molecular complexity index is 2190. The van der Waals surface area contributed by atoms with Gasteiger partial charge < -0.3 is 18.9 Å². The number of hydrogen-bond donors (Lipinski definition) is 1. The Morgan fingerprint density at radius 2 is 1.05 bits per heavy atom. The Hall–Kier alpha value is -4.09. The number of ether oxygens (including phenoxy) is 4. The molecule has 0 aliphatic heterocycles. The summed E-state index contributed by atoms with van der Waals surface area (Å²) >= 11 is 8.25. The largest absolute Gasteiger partial charge is 0.467 e. The van der Waals surface area contributed by atoms with Gasteiger partial charge in [-0.25, -0.2) is 16.8 Å². The van der Waals surface area contributed by atoms with Crippen LogP contribution in [0.2, 0.25) is 0 Å². The van der Waals surface area contributed by atoms with Gasteiger partial charge in [-0.15, -0.1) is 9.97 Å². The van der Waals surface area contributed by atoms with Crippen molar-refractivity contribution >= 4 is 97.4 Å². The number of benzene rings is 2. The number of carbonyl (C=O) groups excluding carboxylic acids is 2. The maximum Gasteiger partial charge on any atom is 0.355 e. The highest BCUT2D eigenvalue weighted by Crippen LogP contribution is 2.34. The quantitative estimate of drug-likeness (QED) is 0.0776. The third kappa shape index (κ3) is 11.7. The average molecular weight is 1060 g/mol. The van der Waals surface area contributed by atoms with Crippen LogP contribution in [0.1, 0.15) is 32.4 Å². The van der Waals surface area contributed by atoms with E-state index >= 15 is 0 Å². The molecule has 4 rings (SSSR count). The van der Waals surface area contributed by atoms with E-state index in [1.165, 1.54) is 64.8 Å². The minimum Gasteiger partial charge on any atom is -0.467 e. The maximum atomic E-state index is 12.9. The van der Waals surface area contributed by atoms with Gasteiger partial charge in [0.15, 0.2) is 0 Å². The fourth-order valence-electron chi connectivity index (χ4n) is 3.75. The number of hydrogen-bond acceptors (Lipinski definition) is 16. The van der Waals surface area contributed by atoms with E-state index in [0.29, 0.717) is 4.31 Å². The van der Waals surface area contributed by atoms with Crippen LogP contribution in [0.5, 0.6) is 24.0 Å². The summed E-state index contributed by atoms with van der Waals surface area (Å²) in [7, 11) is -4.07. The first-order valence-corrected chi connectivity index (χ1v) is 20.9. The zero-order valence-electron chi connectivity index (χ0n) is 28.8. The number of methoxy groups -OCH3 is 4. The molecule has 2 heterocycles. The second-order valence-corrected chi connectivity index (χ2v) is 14.7. The fraction of sp³-hybridized carbons (Fsp3) is 0.286. The molecule has 4 aromatic rings. The molecule has 0 saturated carbocycles. The molecular formula is C28H27Br2F4IN8O10S2. The predicted molar refractivity (Wildman–Crippen MR) is 203 cm³/mol. The lowest BCUT2D eigenvalue weighted by Gasteiger charge is -2.22. The van der Waals surface area contributed by atoms with Crippen molar-refractivity contribution in [1.29, 1.82) is 0 Å². The number of anilines is 2. The van der Waals surface area contributed by atoms with Crippen LogP contribution >= 0.6 is 54.5 Å². The molecule has 0 fully saturated rings. The molecular weight excluding hydrogens is 1040 g/mol. The van der Waals surface area contributed by atoms with Gasteiger partial charge in [-0.2, -0.15) is 37.5 Å². The average Bonchev–Trinajstić information content (AvgIpc) is 3.17. The molecule has 0 bridgehead atoms. The minimum atomic E-state index is -5.01. The summed E-state index contributed by atoms with van der Waals surface area (Å²) in [5, 5.41) is 0. The smallest absolute Gasteiger partial charge is 0.355 e. The van der Waals surface area contributed by atoms with Crippen LogP contribution in [0.3, 0.4) is 0 Å². The monoisotopic (exact) mass is 1060 g/mol. The van der Waals surface area contributed by atoms with E-state index < -0.39 is 54.8 Å². The van der Waals surface area contributed by atoms with Crippen molar-refractivity contribution in [2.45, 2.75) is 11.5 Å². The van der Waals surface area contributed by atoms with Crippen LogP contribution < -0.4 is 28.0 Å². The molecule has 2 aromatic heterocycles. The van der Waals surface area contributed by atoms with E-state index in [4.69, 9.17) is 18.9 Å². The number of halogens is 7. The Balaban J connectivity index is 0.000000364. The third-order valence-corrected chi connectivity index (χ3v) is 9.87. The first-order chi connectivity index (χ1) is 25.8. The van der Waals surface area contributed by atoms with Crippen molar-refractivity contribution in [3.8, 4) is 24.0 Å². The number of aromatic nitrogens is 6. The van der Waals surface area contributed by atoms with Gasteiger partial charge in [-0.1, -0.05) is 34.7 Å². The highest BCUT2D eigenvalue weighted by molar-refractivity contribution is 14.1. The Morgan fingerprint density at radius 3 is 1.44 bits per heavy atom. The van der Waals surface area contributed by atoms with E-state index in [2.05, 4.69) is 84.4 Å². The van der Waals surface area contributed by atoms with Gasteiger partial charge >= 0.3 is 35.6 Å². The number of alkyl halides is 5. The summed E-state index contributed by atoms with van der Waals surface area (Å²) in [6, 6.07) is 7.22. The first kappa shape index (κ1) is 47.1. The van der Waals surface area contributed by atoms with Gasteiger partial charge in [0.25, 0.3) is 20.0 Å². The number of nitrogens with zero attached hydrogens (tertiary/aromatic N) is 7. The maximum absolute atomic E-state index is 12.9. The Labute approximate surface area is 341 Å². The molecule has 2 aromatic carbocycles. The molecule has 0 amide bonds. The number of para-hydroxylation sites is 2. The molecule has 27 heteroatoms. The highest BCUT2D eigenvalue weighted by atomic mass is 127. The normalized spacial score (nSPS) is 11.0. The van der Waals surface area contributed by atoms with Crippen LogP contribution in [0.25, 0.3) is 0 Å². The number of rotatable bonds is 14. The summed E-state index contributed by atoms with van der Waals surface area (Å²) in [5.41, 5.74) is -1.16. The zero-order valence-corrected chi connectivity index (χ0v) is 35.8. The third-order valence-electron chi connectivity index (χ3n) is 6.22. The fourth-order valence-corrected chi connectivity index (χ4v) is 6.38. The summed E-state index contributed by atoms with van der Waals surface area (Å²) < 4.78 is 119. The summed E-state index contributed by atoms with van der Waals surface area (Å²) in [4.78, 5) is 50.1. The summed E-state index contributed by atoms with van der Waals surface area (Å²) in [6.07, 6.45) is 0. The standard InChI is InChI=1S/C14H13BrF2N4O5S.C13H11BrF2N4O5S.CH3I/c1-21(27(23,24)12(16)17)9-7(5-4-6-8(9)15)10(22)11-18-13(25-2)20-14(19-11)26-3;1-24-12-17-10(18-13(19-12)25-2)9(21)6-4-3-5-7(14)8(6)20-26(22,23)11(15)16;1-2/h4-6,12H,1-3H3;3-5,11,20H,1-2H3;1H3. The molecule has 1 N–H and O–H groups in total. The molecule has 55 heavy (non-hydrogen) atoms. The van der Waals surface area contributed by atoms with E-state index in [1.54, 1.807) is 4.72 Å². The number of nitrogens with one attached hydrogen (secondary N) is 1. The molecule has 0 aliphatic rings. The molecule has 0 atom stereocenters. The SMILES string of the molecule is CI.COc1nc(OC)nc(C(=O)c2cccc(Br)c2N(C)S(=O)(=O)C(F)F)n1.COc1nc(OC)nc(C(=O)c2cccc(Br)c2NS(=O)(=O)C(F)F)n1. The van der Waals surface area contributed by atoms with Crippen molar-refractivity contribution in [3.05, 3.63) is 68.1 Å². The second kappa shape index (κ2) is 20.7. The van der Waals surface area contributed by atoms with Gasteiger partial charge in [0.2, 0.25) is 23.2 Å². The molecule has 0 spiro atoms. The van der Waals surface area contributed by atoms with Crippen molar-refractivity contribution in [2.75, 3.05) is 49.4 Å². The number of ketones is 2. The Morgan fingerprint density at radius 1 is 0.673 bits per heavy atom. The number of carbonyl (C=O) groups is 2. The van der Waals surface area contributed by atoms with Crippen molar-refractivity contribution in [2.24, 2.45) is 0 Å². The number of sulfonamides is 2. The van der Waals surface area contributed by atoms with Gasteiger partial charge in [0.1, 0.15) is 0 Å². The van der Waals surface area contributed by atoms with Gasteiger partial charge in [-0.05, 0) is 61.1 Å². The van der Waals surface area contributed by atoms with Gasteiger partial charge in [0.05, 0.1) is 50.9 Å². The molecule has 300 valence electrons. The van der Waals surface area contributed by atoms with Gasteiger partial charge in [0, 0.05) is 16.0 Å². The molecule has 0 saturated heterocycles. The van der Waals surface area contributed by atoms with E-state index in [0.717, 1.165) is 7.05 Å². The van der Waals surface area contributed by atoms with Crippen molar-refractivity contribution in [1.82, 2.24) is 29.9 Å². The van der Waals surface area contributed by atoms with Gasteiger partial charge in [-0.3, -0.25) is 18.6 Å². The predicted octanol–water partition coefficient (Wildman–Crippen LogP) is 4.77. The molecule has 0 aliphatic carbocycles. The highest BCUT2D eigenvalue weighted by Gasteiger charge is 2.34. The lowest BCUT2D eigenvalue weighted by Crippen LogP contribution is -2.33. The molecule has 0 unspecified atom stereocenters. The second-order valence-electron chi connectivity index (χ2n) is 9.40. The zero-order chi connectivity index (χ0) is 41.8. The van der Waals surface area contributed by atoms with Crippen LogP contribution in [-0.2, 0) is 20.0 Å². The van der Waals surface area contributed by atoms with Crippen LogP contribution in [0.15, 0.2) is 45.3 Å².